The molecule has 0 aliphatic carbocycles. The van der Waals surface area contributed by atoms with E-state index in [-0.39, 0.29) is 4.90 Å². The van der Waals surface area contributed by atoms with Crippen LogP contribution in [0, 0.1) is 0 Å². The minimum atomic E-state index is -3.45. The zero-order chi connectivity index (χ0) is 12.3. The second-order valence-electron chi connectivity index (χ2n) is 3.28. The maximum Gasteiger partial charge on any atom is 0.244 e. The van der Waals surface area contributed by atoms with Crippen LogP contribution in [-0.4, -0.2) is 25.8 Å². The van der Waals surface area contributed by atoms with Crippen LogP contribution < -0.4 is 5.73 Å². The molecule has 0 spiro atoms. The zero-order valence-corrected chi connectivity index (χ0v) is 11.7. The number of anilines is 1. The van der Waals surface area contributed by atoms with Gasteiger partial charge in [-0.3, -0.25) is 0 Å². The molecule has 0 fully saturated rings. The molecule has 0 atom stereocenters. The van der Waals surface area contributed by atoms with Gasteiger partial charge in [0.05, 0.1) is 4.90 Å². The Morgan fingerprint density at radius 2 is 1.88 bits per heavy atom. The Morgan fingerprint density at radius 1 is 1.31 bits per heavy atom. The molecule has 0 aliphatic heterocycles. The molecule has 1 aromatic rings. The Labute approximate surface area is 105 Å². The minimum Gasteiger partial charge on any atom is -0.399 e. The first-order chi connectivity index (χ1) is 7.43. The van der Waals surface area contributed by atoms with Gasteiger partial charge in [-0.25, -0.2) is 8.42 Å². The normalized spacial score (nSPS) is 12.0. The number of rotatable bonds is 4. The van der Waals surface area contributed by atoms with E-state index in [1.165, 1.54) is 10.4 Å². The van der Waals surface area contributed by atoms with Gasteiger partial charge in [-0.15, -0.1) is 0 Å². The molecule has 1 aromatic carbocycles. The average molecular weight is 307 g/mol. The standard InChI is InChI=1S/C10H15BrN2O2S/c1-3-13(4-2)16(14,15)10-7-8(12)5-6-9(10)11/h5-7H,3-4,12H2,1-2H3. The highest BCUT2D eigenvalue weighted by Gasteiger charge is 2.24. The molecule has 2 N–H and O–H groups in total. The molecule has 0 amide bonds. The molecule has 0 aromatic heterocycles. The van der Waals surface area contributed by atoms with Crippen molar-refractivity contribution in [3.05, 3.63) is 22.7 Å². The van der Waals surface area contributed by atoms with Gasteiger partial charge in [0.1, 0.15) is 0 Å². The lowest BCUT2D eigenvalue weighted by Crippen LogP contribution is -2.30. The molecule has 6 heteroatoms. The van der Waals surface area contributed by atoms with Gasteiger partial charge in [-0.05, 0) is 34.1 Å². The largest absolute Gasteiger partial charge is 0.399 e. The van der Waals surface area contributed by atoms with Gasteiger partial charge < -0.3 is 5.73 Å². The monoisotopic (exact) mass is 306 g/mol. The van der Waals surface area contributed by atoms with Gasteiger partial charge in [0.25, 0.3) is 0 Å². The van der Waals surface area contributed by atoms with Crippen molar-refractivity contribution in [1.29, 1.82) is 0 Å². The Hall–Kier alpha value is -0.590. The van der Waals surface area contributed by atoms with Gasteiger partial charge in [0.15, 0.2) is 0 Å². The van der Waals surface area contributed by atoms with E-state index >= 15 is 0 Å². The summed E-state index contributed by atoms with van der Waals surface area (Å²) in [5.41, 5.74) is 6.04. The molecular weight excluding hydrogens is 292 g/mol. The number of halogens is 1. The van der Waals surface area contributed by atoms with Gasteiger partial charge in [0, 0.05) is 23.2 Å². The van der Waals surface area contributed by atoms with Gasteiger partial charge >= 0.3 is 0 Å². The summed E-state index contributed by atoms with van der Waals surface area (Å²) in [6, 6.07) is 4.77. The first-order valence-electron chi connectivity index (χ1n) is 4.98. The van der Waals surface area contributed by atoms with E-state index in [1.807, 2.05) is 0 Å². The Bertz CT molecular complexity index is 470. The van der Waals surface area contributed by atoms with Crippen molar-refractivity contribution in [2.45, 2.75) is 18.7 Å². The molecule has 1 rings (SSSR count). The Kier molecular flexibility index (Phi) is 4.35. The molecule has 0 bridgehead atoms. The van der Waals surface area contributed by atoms with Crippen molar-refractivity contribution in [2.24, 2.45) is 0 Å². The summed E-state index contributed by atoms with van der Waals surface area (Å²) in [5.74, 6) is 0. The number of nitrogens with zero attached hydrogens (tertiary/aromatic N) is 1. The lowest BCUT2D eigenvalue weighted by atomic mass is 10.3. The van der Waals surface area contributed by atoms with Crippen molar-refractivity contribution in [3.8, 4) is 0 Å². The third-order valence-electron chi connectivity index (χ3n) is 2.28. The van der Waals surface area contributed by atoms with Crippen LogP contribution in [0.3, 0.4) is 0 Å². The number of nitrogen functional groups attached to an aromatic ring is 1. The Morgan fingerprint density at radius 3 is 2.38 bits per heavy atom. The summed E-state index contributed by atoms with van der Waals surface area (Å²) in [5, 5.41) is 0. The second kappa shape index (κ2) is 5.16. The minimum absolute atomic E-state index is 0.219. The van der Waals surface area contributed by atoms with Gasteiger partial charge in [0.2, 0.25) is 10.0 Å². The van der Waals surface area contributed by atoms with E-state index in [1.54, 1.807) is 26.0 Å². The summed E-state index contributed by atoms with van der Waals surface area (Å²) >= 11 is 3.23. The van der Waals surface area contributed by atoms with Crippen LogP contribution in [0.15, 0.2) is 27.6 Å². The first kappa shape index (κ1) is 13.5. The fourth-order valence-electron chi connectivity index (χ4n) is 1.42. The lowest BCUT2D eigenvalue weighted by Gasteiger charge is -2.19. The van der Waals surface area contributed by atoms with E-state index in [0.29, 0.717) is 23.2 Å². The number of sulfonamides is 1. The first-order valence-corrected chi connectivity index (χ1v) is 7.22. The van der Waals surface area contributed by atoms with Crippen molar-refractivity contribution < 1.29 is 8.42 Å². The summed E-state index contributed by atoms with van der Waals surface area (Å²) in [7, 11) is -3.45. The molecule has 0 heterocycles. The predicted octanol–water partition coefficient (Wildman–Crippen LogP) is 2.06. The molecule has 0 radical (unpaired) electrons. The van der Waals surface area contributed by atoms with E-state index in [0.717, 1.165) is 0 Å². The second-order valence-corrected chi connectivity index (χ2v) is 6.04. The fourth-order valence-corrected chi connectivity index (χ4v) is 3.84. The zero-order valence-electron chi connectivity index (χ0n) is 9.27. The molecule has 4 nitrogen and oxygen atoms in total. The van der Waals surface area contributed by atoms with Crippen LogP contribution >= 0.6 is 15.9 Å². The molecular formula is C10H15BrN2O2S. The smallest absolute Gasteiger partial charge is 0.244 e. The highest BCUT2D eigenvalue weighted by Crippen LogP contribution is 2.26. The van der Waals surface area contributed by atoms with E-state index in [9.17, 15) is 8.42 Å². The third kappa shape index (κ3) is 2.56. The van der Waals surface area contributed by atoms with Crippen LogP contribution in [0.2, 0.25) is 0 Å². The maximum absolute atomic E-state index is 12.2. The average Bonchev–Trinajstić information content (AvgIpc) is 2.23. The van der Waals surface area contributed by atoms with Crippen LogP contribution in [0.1, 0.15) is 13.8 Å². The summed E-state index contributed by atoms with van der Waals surface area (Å²) in [4.78, 5) is 0.219. The maximum atomic E-state index is 12.2. The van der Waals surface area contributed by atoms with Crippen molar-refractivity contribution in [1.82, 2.24) is 4.31 Å². The van der Waals surface area contributed by atoms with Crippen LogP contribution in [0.25, 0.3) is 0 Å². The van der Waals surface area contributed by atoms with Crippen LogP contribution in [-0.2, 0) is 10.0 Å². The van der Waals surface area contributed by atoms with E-state index in [2.05, 4.69) is 15.9 Å². The van der Waals surface area contributed by atoms with E-state index in [4.69, 9.17) is 5.73 Å². The summed E-state index contributed by atoms with van der Waals surface area (Å²) in [6.07, 6.45) is 0. The molecule has 0 saturated carbocycles. The quantitative estimate of drug-likeness (QED) is 0.866. The molecule has 0 unspecified atom stereocenters. The number of hydrogen-bond donors (Lipinski definition) is 1. The number of hydrogen-bond acceptors (Lipinski definition) is 3. The van der Waals surface area contributed by atoms with E-state index < -0.39 is 10.0 Å². The van der Waals surface area contributed by atoms with Crippen molar-refractivity contribution in [3.63, 3.8) is 0 Å². The SMILES string of the molecule is CCN(CC)S(=O)(=O)c1cc(N)ccc1Br. The predicted molar refractivity (Wildman–Crippen MR) is 68.7 cm³/mol. The van der Waals surface area contributed by atoms with Crippen LogP contribution in [0.4, 0.5) is 5.69 Å². The van der Waals surface area contributed by atoms with Crippen molar-refractivity contribution in [2.75, 3.05) is 18.8 Å². The third-order valence-corrected chi connectivity index (χ3v) is 5.32. The summed E-state index contributed by atoms with van der Waals surface area (Å²) < 4.78 is 26.3. The highest BCUT2D eigenvalue weighted by molar-refractivity contribution is 9.10. The topological polar surface area (TPSA) is 63.4 Å². The van der Waals surface area contributed by atoms with Gasteiger partial charge in [-0.2, -0.15) is 4.31 Å². The molecule has 0 saturated heterocycles. The summed E-state index contributed by atoms with van der Waals surface area (Å²) in [6.45, 7) is 4.50. The van der Waals surface area contributed by atoms with Crippen LogP contribution in [0.5, 0.6) is 0 Å². The van der Waals surface area contributed by atoms with Gasteiger partial charge in [-0.1, -0.05) is 13.8 Å². The molecule has 0 aliphatic rings. The van der Waals surface area contributed by atoms with Crippen molar-refractivity contribution >= 4 is 31.6 Å². The Balaban J connectivity index is 3.31. The molecule has 90 valence electrons. The highest BCUT2D eigenvalue weighted by atomic mass is 79.9. The fraction of sp³-hybridized carbons (Fsp3) is 0.400. The lowest BCUT2D eigenvalue weighted by molar-refractivity contribution is 0.445. The number of benzene rings is 1. The number of nitrogens with two attached hydrogens (primary N) is 1. The molecule has 16 heavy (non-hydrogen) atoms.